The molecule has 1 saturated heterocycles. The van der Waals surface area contributed by atoms with Crippen LogP contribution >= 0.6 is 0 Å². The number of benzene rings is 2. The third-order valence-corrected chi connectivity index (χ3v) is 6.65. The molecule has 2 heterocycles. The second-order valence-corrected chi connectivity index (χ2v) is 8.95. The first-order chi connectivity index (χ1) is 15.9. The zero-order valence-electron chi connectivity index (χ0n) is 20.1. The summed E-state index contributed by atoms with van der Waals surface area (Å²) in [5.74, 6) is 0.592. The quantitative estimate of drug-likeness (QED) is 0.584. The number of nitrogens with two attached hydrogens (primary N) is 1. The van der Waals surface area contributed by atoms with Crippen LogP contribution in [0.4, 0.5) is 11.5 Å². The normalized spacial score (nSPS) is 15.0. The third-order valence-electron chi connectivity index (χ3n) is 6.65. The molecule has 2 aromatic carbocycles. The Bertz CT molecular complexity index is 1150. The standard InChI is InChI=1S/C27H34N4O2/c1-5-7-19(3)30(4)27(32)22-9-6-8-18(2)25(22)20-10-11-23-21(16-20)17-24(26(28)29-23)31-12-14-33-15-13-31/h6,8-11,16-17,19H,5,7,12-15H2,1-4H3,(H2,28,29). The molecule has 0 saturated carbocycles. The van der Waals surface area contributed by atoms with Crippen molar-refractivity contribution in [1.82, 2.24) is 9.88 Å². The lowest BCUT2D eigenvalue weighted by Gasteiger charge is -2.29. The van der Waals surface area contributed by atoms with E-state index in [1.54, 1.807) is 0 Å². The number of carbonyl (C=O) groups excluding carboxylic acids is 1. The molecule has 6 nitrogen and oxygen atoms in total. The zero-order valence-corrected chi connectivity index (χ0v) is 20.1. The first-order valence-electron chi connectivity index (χ1n) is 11.8. The Kier molecular flexibility index (Phi) is 6.84. The minimum atomic E-state index is 0.0548. The van der Waals surface area contributed by atoms with Crippen molar-refractivity contribution in [3.05, 3.63) is 53.6 Å². The fourth-order valence-corrected chi connectivity index (χ4v) is 4.62. The van der Waals surface area contributed by atoms with Crippen molar-refractivity contribution in [3.63, 3.8) is 0 Å². The van der Waals surface area contributed by atoms with Gasteiger partial charge < -0.3 is 20.3 Å². The molecule has 1 aliphatic rings. The number of morpholine rings is 1. The molecule has 0 aliphatic carbocycles. The average Bonchev–Trinajstić information content (AvgIpc) is 2.83. The molecule has 1 aromatic heterocycles. The van der Waals surface area contributed by atoms with Crippen molar-refractivity contribution in [2.45, 2.75) is 39.7 Å². The summed E-state index contributed by atoms with van der Waals surface area (Å²) >= 11 is 0. The number of hydrogen-bond acceptors (Lipinski definition) is 5. The second-order valence-electron chi connectivity index (χ2n) is 8.95. The van der Waals surface area contributed by atoms with Crippen molar-refractivity contribution in [3.8, 4) is 11.1 Å². The molecule has 0 spiro atoms. The number of amides is 1. The summed E-state index contributed by atoms with van der Waals surface area (Å²) in [4.78, 5) is 22.2. The van der Waals surface area contributed by atoms with Gasteiger partial charge in [-0.2, -0.15) is 0 Å². The Morgan fingerprint density at radius 3 is 2.70 bits per heavy atom. The number of ether oxygens (including phenoxy) is 1. The van der Waals surface area contributed by atoms with Crippen LogP contribution < -0.4 is 10.6 Å². The van der Waals surface area contributed by atoms with Crippen LogP contribution in [-0.2, 0) is 4.74 Å². The predicted molar refractivity (Wildman–Crippen MR) is 136 cm³/mol. The summed E-state index contributed by atoms with van der Waals surface area (Å²) in [5, 5.41) is 1.01. The van der Waals surface area contributed by atoms with E-state index in [-0.39, 0.29) is 11.9 Å². The van der Waals surface area contributed by atoms with Gasteiger partial charge in [-0.3, -0.25) is 4.79 Å². The highest BCUT2D eigenvalue weighted by Gasteiger charge is 2.22. The zero-order chi connectivity index (χ0) is 23.5. The van der Waals surface area contributed by atoms with Gasteiger partial charge in [-0.1, -0.05) is 31.5 Å². The number of rotatable bonds is 6. The van der Waals surface area contributed by atoms with Crippen molar-refractivity contribution in [1.29, 1.82) is 0 Å². The first-order valence-corrected chi connectivity index (χ1v) is 11.8. The number of anilines is 2. The molecule has 1 fully saturated rings. The second kappa shape index (κ2) is 9.79. The van der Waals surface area contributed by atoms with E-state index in [1.165, 1.54) is 0 Å². The van der Waals surface area contributed by atoms with Crippen LogP contribution in [0.5, 0.6) is 0 Å². The molecule has 33 heavy (non-hydrogen) atoms. The van der Waals surface area contributed by atoms with Gasteiger partial charge in [-0.15, -0.1) is 0 Å². The maximum absolute atomic E-state index is 13.5. The van der Waals surface area contributed by atoms with Crippen molar-refractivity contribution >= 4 is 28.3 Å². The fourth-order valence-electron chi connectivity index (χ4n) is 4.62. The molecule has 6 heteroatoms. The van der Waals surface area contributed by atoms with Crippen LogP contribution in [0.1, 0.15) is 42.6 Å². The molecule has 174 valence electrons. The highest BCUT2D eigenvalue weighted by atomic mass is 16.5. The Morgan fingerprint density at radius 2 is 1.97 bits per heavy atom. The van der Waals surface area contributed by atoms with E-state index in [4.69, 9.17) is 10.5 Å². The number of aryl methyl sites for hydroxylation is 1. The average molecular weight is 447 g/mol. The molecule has 1 atom stereocenters. The number of hydrogen-bond donors (Lipinski definition) is 1. The SMILES string of the molecule is CCCC(C)N(C)C(=O)c1cccc(C)c1-c1ccc2nc(N)c(N3CCOCC3)cc2c1. The van der Waals surface area contributed by atoms with E-state index in [9.17, 15) is 4.79 Å². The first kappa shape index (κ1) is 23.1. The predicted octanol–water partition coefficient (Wildman–Crippen LogP) is 4.89. The van der Waals surface area contributed by atoms with Crippen LogP contribution in [0.25, 0.3) is 22.0 Å². The van der Waals surface area contributed by atoms with Crippen molar-refractivity contribution in [2.75, 3.05) is 44.0 Å². The number of nitrogens with zero attached hydrogens (tertiary/aromatic N) is 3. The van der Waals surface area contributed by atoms with Gasteiger partial charge in [-0.25, -0.2) is 4.98 Å². The number of aromatic nitrogens is 1. The van der Waals surface area contributed by atoms with Gasteiger partial charge in [0.2, 0.25) is 0 Å². The van der Waals surface area contributed by atoms with Crippen molar-refractivity contribution < 1.29 is 9.53 Å². The highest BCUT2D eigenvalue weighted by Crippen LogP contribution is 2.33. The van der Waals surface area contributed by atoms with Gasteiger partial charge >= 0.3 is 0 Å². The Morgan fingerprint density at radius 1 is 1.21 bits per heavy atom. The number of nitrogen functional groups attached to an aromatic ring is 1. The van der Waals surface area contributed by atoms with Gasteiger partial charge in [-0.05, 0) is 61.2 Å². The van der Waals surface area contributed by atoms with Gasteiger partial charge in [0.25, 0.3) is 5.91 Å². The largest absolute Gasteiger partial charge is 0.382 e. The van der Waals surface area contributed by atoms with E-state index >= 15 is 0 Å². The molecule has 3 aromatic rings. The summed E-state index contributed by atoms with van der Waals surface area (Å²) in [6.07, 6.45) is 2.03. The number of fused-ring (bicyclic) bond motifs is 1. The molecule has 0 bridgehead atoms. The van der Waals surface area contributed by atoms with Crippen LogP contribution in [0.15, 0.2) is 42.5 Å². The molecule has 4 rings (SSSR count). The lowest BCUT2D eigenvalue weighted by atomic mass is 9.93. The molecule has 1 aliphatic heterocycles. The summed E-state index contributed by atoms with van der Waals surface area (Å²) < 4.78 is 5.49. The lowest BCUT2D eigenvalue weighted by Crippen LogP contribution is -2.36. The van der Waals surface area contributed by atoms with Crippen LogP contribution in [0, 0.1) is 6.92 Å². The Hall–Kier alpha value is -3.12. The number of carbonyl (C=O) groups is 1. The van der Waals surface area contributed by atoms with E-state index < -0.39 is 0 Å². The Labute approximate surface area is 196 Å². The lowest BCUT2D eigenvalue weighted by molar-refractivity contribution is 0.0737. The van der Waals surface area contributed by atoms with Crippen molar-refractivity contribution in [2.24, 2.45) is 0 Å². The van der Waals surface area contributed by atoms with Gasteiger partial charge in [0, 0.05) is 37.1 Å². The van der Waals surface area contributed by atoms with E-state index in [0.717, 1.165) is 64.8 Å². The molecular weight excluding hydrogens is 412 g/mol. The molecule has 1 amide bonds. The Balaban J connectivity index is 1.77. The molecular formula is C27H34N4O2. The third kappa shape index (κ3) is 4.67. The van der Waals surface area contributed by atoms with E-state index in [2.05, 4.69) is 48.9 Å². The van der Waals surface area contributed by atoms with E-state index in [1.807, 2.05) is 36.2 Å². The fraction of sp³-hybridized carbons (Fsp3) is 0.407. The summed E-state index contributed by atoms with van der Waals surface area (Å²) in [5.41, 5.74) is 11.9. The van der Waals surface area contributed by atoms with Crippen LogP contribution in [-0.4, -0.2) is 55.2 Å². The monoisotopic (exact) mass is 446 g/mol. The van der Waals surface area contributed by atoms with Crippen LogP contribution in [0.3, 0.4) is 0 Å². The highest BCUT2D eigenvalue weighted by molar-refractivity contribution is 6.03. The minimum absolute atomic E-state index is 0.0548. The summed E-state index contributed by atoms with van der Waals surface area (Å²) in [6.45, 7) is 9.30. The van der Waals surface area contributed by atoms with Crippen LogP contribution in [0.2, 0.25) is 0 Å². The maximum atomic E-state index is 13.5. The molecule has 1 unspecified atom stereocenters. The summed E-state index contributed by atoms with van der Waals surface area (Å²) in [7, 11) is 1.90. The number of pyridine rings is 1. The smallest absolute Gasteiger partial charge is 0.254 e. The van der Waals surface area contributed by atoms with Gasteiger partial charge in [0.1, 0.15) is 5.82 Å². The van der Waals surface area contributed by atoms with E-state index in [0.29, 0.717) is 19.0 Å². The van der Waals surface area contributed by atoms with Gasteiger partial charge in [0.15, 0.2) is 0 Å². The minimum Gasteiger partial charge on any atom is -0.382 e. The van der Waals surface area contributed by atoms with Gasteiger partial charge in [0.05, 0.1) is 24.4 Å². The topological polar surface area (TPSA) is 71.7 Å². The summed E-state index contributed by atoms with van der Waals surface area (Å²) in [6, 6.07) is 14.4. The molecule has 2 N–H and O–H groups in total. The molecule has 0 radical (unpaired) electrons. The maximum Gasteiger partial charge on any atom is 0.254 e.